The third-order valence-corrected chi connectivity index (χ3v) is 6.12. The summed E-state index contributed by atoms with van der Waals surface area (Å²) in [5.41, 5.74) is 7.57. The largest absolute Gasteiger partial charge is 0.272 e. The van der Waals surface area contributed by atoms with E-state index < -0.39 is 0 Å². The summed E-state index contributed by atoms with van der Waals surface area (Å²) in [7, 11) is 0. The van der Waals surface area contributed by atoms with Gasteiger partial charge in [0.1, 0.15) is 0 Å². The van der Waals surface area contributed by atoms with Gasteiger partial charge in [0, 0.05) is 16.3 Å². The fourth-order valence-corrected chi connectivity index (χ4v) is 4.01. The monoisotopic (exact) mass is 475 g/mol. The van der Waals surface area contributed by atoms with Gasteiger partial charge in [-0.25, -0.2) is 5.43 Å². The number of aryl methyl sites for hydroxylation is 2. The van der Waals surface area contributed by atoms with Gasteiger partial charge in [-0.05, 0) is 61.4 Å². The first kappa shape index (κ1) is 22.8. The van der Waals surface area contributed by atoms with Gasteiger partial charge in [0.25, 0.3) is 5.91 Å². The highest BCUT2D eigenvalue weighted by molar-refractivity contribution is 7.99. The Balaban J connectivity index is 1.52. The number of nitrogens with one attached hydrogen (secondary N) is 1. The molecule has 166 valence electrons. The molecule has 1 heterocycles. The molecule has 0 bridgehead atoms. The van der Waals surface area contributed by atoms with Crippen LogP contribution in [-0.2, 0) is 4.79 Å². The molecule has 6 nitrogen and oxygen atoms in total. The lowest BCUT2D eigenvalue weighted by atomic mass is 10.1. The minimum atomic E-state index is -0.226. The van der Waals surface area contributed by atoms with E-state index in [4.69, 9.17) is 11.6 Å². The van der Waals surface area contributed by atoms with Crippen molar-refractivity contribution >= 4 is 35.5 Å². The Morgan fingerprint density at radius 2 is 1.76 bits per heavy atom. The van der Waals surface area contributed by atoms with Crippen molar-refractivity contribution in [3.8, 4) is 17.1 Å². The second-order valence-electron chi connectivity index (χ2n) is 7.42. The Bertz CT molecular complexity index is 1280. The zero-order chi connectivity index (χ0) is 23.2. The van der Waals surface area contributed by atoms with Gasteiger partial charge in [0.05, 0.1) is 12.0 Å². The summed E-state index contributed by atoms with van der Waals surface area (Å²) in [6.45, 7) is 4.03. The van der Waals surface area contributed by atoms with E-state index in [9.17, 15) is 4.79 Å². The molecule has 1 amide bonds. The maximum Gasteiger partial charge on any atom is 0.250 e. The molecule has 0 radical (unpaired) electrons. The summed E-state index contributed by atoms with van der Waals surface area (Å²) in [5, 5.41) is 14.1. The third-order valence-electron chi connectivity index (χ3n) is 4.94. The quantitative estimate of drug-likeness (QED) is 0.219. The number of thioether (sulfide) groups is 1. The molecule has 4 aromatic rings. The second-order valence-corrected chi connectivity index (χ2v) is 8.80. The zero-order valence-electron chi connectivity index (χ0n) is 18.2. The number of nitrogens with zero attached hydrogens (tertiary/aromatic N) is 4. The van der Waals surface area contributed by atoms with Crippen LogP contribution in [0.5, 0.6) is 0 Å². The van der Waals surface area contributed by atoms with Gasteiger partial charge in [0.2, 0.25) is 0 Å². The Hall–Kier alpha value is -3.42. The summed E-state index contributed by atoms with van der Waals surface area (Å²) in [6.07, 6.45) is 1.64. The fraction of sp³-hybridized carbons (Fsp3) is 0.120. The van der Waals surface area contributed by atoms with Crippen molar-refractivity contribution in [2.24, 2.45) is 5.10 Å². The van der Waals surface area contributed by atoms with Crippen molar-refractivity contribution in [3.05, 3.63) is 94.5 Å². The molecule has 0 aliphatic rings. The second kappa shape index (κ2) is 10.5. The molecular formula is C25H22ClN5OS. The van der Waals surface area contributed by atoms with Crippen molar-refractivity contribution in [1.82, 2.24) is 20.2 Å². The highest BCUT2D eigenvalue weighted by atomic mass is 35.5. The lowest BCUT2D eigenvalue weighted by Gasteiger charge is -2.10. The molecule has 33 heavy (non-hydrogen) atoms. The molecule has 0 saturated heterocycles. The van der Waals surface area contributed by atoms with Crippen LogP contribution in [0.3, 0.4) is 0 Å². The van der Waals surface area contributed by atoms with Crippen LogP contribution >= 0.6 is 23.4 Å². The smallest absolute Gasteiger partial charge is 0.250 e. The van der Waals surface area contributed by atoms with Crippen molar-refractivity contribution in [1.29, 1.82) is 0 Å². The lowest BCUT2D eigenvalue weighted by Crippen LogP contribution is -2.20. The van der Waals surface area contributed by atoms with Crippen molar-refractivity contribution in [2.45, 2.75) is 19.0 Å². The van der Waals surface area contributed by atoms with Gasteiger partial charge in [-0.3, -0.25) is 9.36 Å². The SMILES string of the molecule is Cc1ccc(-n2c(SCC(=O)NN=Cc3ccccc3C)nnc2-c2ccc(Cl)cc2)cc1. The molecule has 3 aromatic carbocycles. The van der Waals surface area contributed by atoms with Crippen molar-refractivity contribution in [2.75, 3.05) is 5.75 Å². The van der Waals surface area contributed by atoms with E-state index in [0.29, 0.717) is 16.0 Å². The van der Waals surface area contributed by atoms with E-state index in [0.717, 1.165) is 27.9 Å². The van der Waals surface area contributed by atoms with Crippen LogP contribution in [0.2, 0.25) is 5.02 Å². The maximum atomic E-state index is 12.4. The number of rotatable bonds is 7. The van der Waals surface area contributed by atoms with Crippen molar-refractivity contribution < 1.29 is 4.79 Å². The van der Waals surface area contributed by atoms with E-state index in [-0.39, 0.29) is 11.7 Å². The Morgan fingerprint density at radius 1 is 1.03 bits per heavy atom. The fourth-order valence-electron chi connectivity index (χ4n) is 3.14. The van der Waals surface area contributed by atoms with Gasteiger partial charge < -0.3 is 0 Å². The molecular weight excluding hydrogens is 454 g/mol. The number of carbonyl (C=O) groups excluding carboxylic acids is 1. The van der Waals surface area contributed by atoms with Crippen LogP contribution in [-0.4, -0.2) is 32.6 Å². The Labute approximate surface area is 201 Å². The molecule has 4 rings (SSSR count). The van der Waals surface area contributed by atoms with Crippen LogP contribution in [0, 0.1) is 13.8 Å². The number of benzene rings is 3. The Morgan fingerprint density at radius 3 is 2.48 bits per heavy atom. The van der Waals surface area contributed by atoms with Crippen LogP contribution < -0.4 is 5.43 Å². The van der Waals surface area contributed by atoms with Crippen LogP contribution in [0.25, 0.3) is 17.1 Å². The summed E-state index contributed by atoms with van der Waals surface area (Å²) >= 11 is 7.35. The van der Waals surface area contributed by atoms with Crippen LogP contribution in [0.1, 0.15) is 16.7 Å². The predicted octanol–water partition coefficient (Wildman–Crippen LogP) is 5.45. The number of amides is 1. The van der Waals surface area contributed by atoms with Gasteiger partial charge in [-0.15, -0.1) is 10.2 Å². The number of halogens is 1. The van der Waals surface area contributed by atoms with E-state index >= 15 is 0 Å². The van der Waals surface area contributed by atoms with E-state index in [1.165, 1.54) is 11.8 Å². The van der Waals surface area contributed by atoms with Crippen LogP contribution in [0.4, 0.5) is 0 Å². The third kappa shape index (κ3) is 5.69. The average molecular weight is 476 g/mol. The Kier molecular flexibility index (Phi) is 7.22. The first-order valence-electron chi connectivity index (χ1n) is 10.3. The van der Waals surface area contributed by atoms with Crippen molar-refractivity contribution in [3.63, 3.8) is 0 Å². The molecule has 0 saturated carbocycles. The van der Waals surface area contributed by atoms with Gasteiger partial charge in [-0.2, -0.15) is 5.10 Å². The molecule has 0 aliphatic heterocycles. The van der Waals surface area contributed by atoms with Gasteiger partial charge in [0.15, 0.2) is 11.0 Å². The highest BCUT2D eigenvalue weighted by Gasteiger charge is 2.17. The normalized spacial score (nSPS) is 11.1. The molecule has 0 atom stereocenters. The minimum absolute atomic E-state index is 0.149. The number of hydrogen-bond donors (Lipinski definition) is 1. The zero-order valence-corrected chi connectivity index (χ0v) is 19.8. The van der Waals surface area contributed by atoms with E-state index in [2.05, 4.69) is 20.7 Å². The van der Waals surface area contributed by atoms with E-state index in [1.807, 2.05) is 91.2 Å². The average Bonchev–Trinajstić information content (AvgIpc) is 3.24. The van der Waals surface area contributed by atoms with Gasteiger partial charge in [-0.1, -0.05) is 65.3 Å². The lowest BCUT2D eigenvalue weighted by molar-refractivity contribution is -0.118. The minimum Gasteiger partial charge on any atom is -0.272 e. The first-order valence-corrected chi connectivity index (χ1v) is 11.7. The molecule has 0 aliphatic carbocycles. The molecule has 0 fully saturated rings. The molecule has 1 N–H and O–H groups in total. The topological polar surface area (TPSA) is 72.2 Å². The number of carbonyl (C=O) groups is 1. The molecule has 0 unspecified atom stereocenters. The van der Waals surface area contributed by atoms with E-state index in [1.54, 1.807) is 6.21 Å². The highest BCUT2D eigenvalue weighted by Crippen LogP contribution is 2.28. The first-order chi connectivity index (χ1) is 16.0. The van der Waals surface area contributed by atoms with Crippen LogP contribution in [0.15, 0.2) is 83.1 Å². The predicted molar refractivity (Wildman–Crippen MR) is 134 cm³/mol. The maximum absolute atomic E-state index is 12.4. The summed E-state index contributed by atoms with van der Waals surface area (Å²) in [4.78, 5) is 12.4. The number of aromatic nitrogens is 3. The summed E-state index contributed by atoms with van der Waals surface area (Å²) in [6, 6.07) is 23.4. The standard InChI is InChI=1S/C25H22ClN5OS/c1-17-7-13-22(14-8-17)31-24(19-9-11-21(26)12-10-19)29-30-25(31)33-16-23(32)28-27-15-20-6-4-3-5-18(20)2/h3-15H,16H2,1-2H3,(H,28,32). The summed E-state index contributed by atoms with van der Waals surface area (Å²) < 4.78 is 1.94. The molecule has 0 spiro atoms. The molecule has 1 aromatic heterocycles. The summed E-state index contributed by atoms with van der Waals surface area (Å²) in [5.74, 6) is 0.600. The van der Waals surface area contributed by atoms with Gasteiger partial charge >= 0.3 is 0 Å². The number of hydrogen-bond acceptors (Lipinski definition) is 5. The molecule has 8 heteroatoms. The number of hydrazone groups is 1.